The van der Waals surface area contributed by atoms with Crippen molar-refractivity contribution in [3.63, 3.8) is 0 Å². The minimum atomic E-state index is -0.651. The Kier molecular flexibility index (Phi) is 5.21. The van der Waals surface area contributed by atoms with Gasteiger partial charge in [-0.1, -0.05) is 0 Å². The van der Waals surface area contributed by atoms with Crippen LogP contribution in [-0.4, -0.2) is 32.5 Å². The molecule has 132 valence electrons. The average Bonchev–Trinajstić information content (AvgIpc) is 2.58. The van der Waals surface area contributed by atoms with Crippen molar-refractivity contribution in [3.8, 4) is 5.88 Å². The molecule has 0 amide bonds. The van der Waals surface area contributed by atoms with Gasteiger partial charge in [0.15, 0.2) is 0 Å². The second-order valence-corrected chi connectivity index (χ2v) is 5.70. The first-order valence-corrected chi connectivity index (χ1v) is 7.56. The van der Waals surface area contributed by atoms with E-state index in [9.17, 15) is 19.5 Å². The minimum absolute atomic E-state index is 0.104. The quantitative estimate of drug-likeness (QED) is 0.660. The van der Waals surface area contributed by atoms with Crippen LogP contribution in [0.3, 0.4) is 0 Å². The number of carbonyl (C=O) groups excluding carboxylic acids is 1. The molecular weight excluding hydrogens is 326 g/mol. The number of benzene rings is 1. The van der Waals surface area contributed by atoms with Gasteiger partial charge in [0.2, 0.25) is 5.88 Å². The molecule has 1 N–H and O–H groups in total. The van der Waals surface area contributed by atoms with E-state index in [1.165, 1.54) is 20.3 Å². The fraction of sp³-hybridized carbons (Fsp3) is 0.294. The lowest BCUT2D eigenvalue weighted by atomic mass is 10.2. The van der Waals surface area contributed by atoms with Crippen LogP contribution in [-0.2, 0) is 18.8 Å². The molecule has 25 heavy (non-hydrogen) atoms. The standard InChI is InChI=1S/C17H19N3O5/c1-10(2)25-16(23)11-5-7-12(8-6-11)18-9-13-14(21)19(3)17(24)20(4)15(13)22/h5-10,21H,1-4H3. The predicted molar refractivity (Wildman–Crippen MR) is 92.8 cm³/mol. The summed E-state index contributed by atoms with van der Waals surface area (Å²) in [5.74, 6) is -0.899. The van der Waals surface area contributed by atoms with Gasteiger partial charge in [-0.05, 0) is 38.1 Å². The summed E-state index contributed by atoms with van der Waals surface area (Å²) in [4.78, 5) is 39.6. The third-order valence-electron chi connectivity index (χ3n) is 3.46. The fourth-order valence-corrected chi connectivity index (χ4v) is 2.08. The molecule has 1 aromatic carbocycles. The first-order valence-electron chi connectivity index (χ1n) is 7.56. The molecule has 0 aliphatic heterocycles. The van der Waals surface area contributed by atoms with E-state index in [0.717, 1.165) is 9.13 Å². The Morgan fingerprint density at radius 2 is 1.76 bits per heavy atom. The maximum absolute atomic E-state index is 12.1. The van der Waals surface area contributed by atoms with Crippen molar-refractivity contribution in [2.24, 2.45) is 19.1 Å². The summed E-state index contributed by atoms with van der Waals surface area (Å²) in [5.41, 5.74) is -0.535. The second kappa shape index (κ2) is 7.16. The number of aromatic hydroxyl groups is 1. The second-order valence-electron chi connectivity index (χ2n) is 5.70. The molecule has 1 heterocycles. The van der Waals surface area contributed by atoms with Gasteiger partial charge in [0.25, 0.3) is 5.56 Å². The third kappa shape index (κ3) is 3.85. The van der Waals surface area contributed by atoms with E-state index in [2.05, 4.69) is 4.99 Å². The maximum atomic E-state index is 12.1. The van der Waals surface area contributed by atoms with E-state index in [1.807, 2.05) is 0 Å². The van der Waals surface area contributed by atoms with E-state index in [4.69, 9.17) is 4.74 Å². The van der Waals surface area contributed by atoms with E-state index >= 15 is 0 Å². The molecule has 0 saturated carbocycles. The van der Waals surface area contributed by atoms with E-state index in [0.29, 0.717) is 11.3 Å². The zero-order valence-electron chi connectivity index (χ0n) is 14.4. The lowest BCUT2D eigenvalue weighted by molar-refractivity contribution is 0.0378. The lowest BCUT2D eigenvalue weighted by Crippen LogP contribution is -2.38. The Balaban J connectivity index is 2.31. The van der Waals surface area contributed by atoms with Gasteiger partial charge in [-0.25, -0.2) is 9.59 Å². The van der Waals surface area contributed by atoms with Crippen molar-refractivity contribution in [2.45, 2.75) is 20.0 Å². The Hall–Kier alpha value is -3.16. The molecule has 0 aliphatic rings. The number of rotatable bonds is 4. The summed E-state index contributed by atoms with van der Waals surface area (Å²) in [7, 11) is 2.67. The molecule has 2 aromatic rings. The van der Waals surface area contributed by atoms with Crippen LogP contribution in [0.4, 0.5) is 5.69 Å². The number of nitrogens with zero attached hydrogens (tertiary/aromatic N) is 3. The van der Waals surface area contributed by atoms with E-state index in [-0.39, 0.29) is 11.7 Å². The molecule has 8 heteroatoms. The predicted octanol–water partition coefficient (Wildman–Crippen LogP) is 1.11. The first-order chi connectivity index (χ1) is 11.7. The maximum Gasteiger partial charge on any atom is 0.338 e. The van der Waals surface area contributed by atoms with Crippen LogP contribution in [0.5, 0.6) is 5.88 Å². The van der Waals surface area contributed by atoms with Crippen molar-refractivity contribution in [3.05, 3.63) is 56.2 Å². The van der Waals surface area contributed by atoms with E-state index < -0.39 is 23.1 Å². The summed E-state index contributed by atoms with van der Waals surface area (Å²) < 4.78 is 6.92. The molecular formula is C17H19N3O5. The third-order valence-corrected chi connectivity index (χ3v) is 3.46. The number of aromatic nitrogens is 2. The zero-order chi connectivity index (χ0) is 18.7. The number of ether oxygens (including phenoxy) is 1. The molecule has 0 radical (unpaired) electrons. The Bertz CT molecular complexity index is 936. The van der Waals surface area contributed by atoms with Crippen LogP contribution < -0.4 is 11.2 Å². The van der Waals surface area contributed by atoms with Crippen LogP contribution in [0.2, 0.25) is 0 Å². The minimum Gasteiger partial charge on any atom is -0.494 e. The van der Waals surface area contributed by atoms with Crippen LogP contribution in [0.15, 0.2) is 38.8 Å². The smallest absolute Gasteiger partial charge is 0.338 e. The first kappa shape index (κ1) is 18.2. The van der Waals surface area contributed by atoms with Gasteiger partial charge in [-0.2, -0.15) is 0 Å². The molecule has 1 aromatic heterocycles. The van der Waals surface area contributed by atoms with Gasteiger partial charge >= 0.3 is 11.7 Å². The molecule has 2 rings (SSSR count). The van der Waals surface area contributed by atoms with Gasteiger partial charge in [-0.15, -0.1) is 0 Å². The van der Waals surface area contributed by atoms with Crippen LogP contribution >= 0.6 is 0 Å². The zero-order valence-corrected chi connectivity index (χ0v) is 14.4. The summed E-state index contributed by atoms with van der Waals surface area (Å²) >= 11 is 0. The monoisotopic (exact) mass is 345 g/mol. The number of hydrogen-bond acceptors (Lipinski definition) is 6. The largest absolute Gasteiger partial charge is 0.494 e. The fourth-order valence-electron chi connectivity index (χ4n) is 2.08. The molecule has 0 saturated heterocycles. The number of esters is 1. The average molecular weight is 345 g/mol. The normalized spacial score (nSPS) is 11.2. The molecule has 0 spiro atoms. The topological polar surface area (TPSA) is 103 Å². The van der Waals surface area contributed by atoms with Crippen molar-refractivity contribution < 1.29 is 14.6 Å². The van der Waals surface area contributed by atoms with Crippen LogP contribution in [0, 0.1) is 0 Å². The Labute approximate surface area is 143 Å². The summed E-state index contributed by atoms with van der Waals surface area (Å²) in [5, 5.41) is 9.96. The summed E-state index contributed by atoms with van der Waals surface area (Å²) in [6.45, 7) is 3.52. The van der Waals surface area contributed by atoms with Crippen molar-refractivity contribution in [1.82, 2.24) is 9.13 Å². The molecule has 0 unspecified atom stereocenters. The molecule has 0 atom stereocenters. The van der Waals surface area contributed by atoms with E-state index in [1.54, 1.807) is 38.1 Å². The van der Waals surface area contributed by atoms with Crippen LogP contribution in [0.25, 0.3) is 0 Å². The molecule has 0 fully saturated rings. The summed E-state index contributed by atoms with van der Waals surface area (Å²) in [6, 6.07) is 6.26. The molecule has 0 aliphatic carbocycles. The number of aliphatic imine (C=N–C) groups is 1. The highest BCUT2D eigenvalue weighted by Crippen LogP contribution is 2.15. The van der Waals surface area contributed by atoms with Crippen molar-refractivity contribution in [2.75, 3.05) is 0 Å². The molecule has 0 bridgehead atoms. The number of carbonyl (C=O) groups is 1. The van der Waals surface area contributed by atoms with Crippen LogP contribution in [0.1, 0.15) is 29.8 Å². The van der Waals surface area contributed by atoms with Gasteiger partial charge in [0.1, 0.15) is 5.56 Å². The highest BCUT2D eigenvalue weighted by atomic mass is 16.5. The Morgan fingerprint density at radius 1 is 1.16 bits per heavy atom. The van der Waals surface area contributed by atoms with Gasteiger partial charge in [-0.3, -0.25) is 18.9 Å². The lowest BCUT2D eigenvalue weighted by Gasteiger charge is -2.08. The summed E-state index contributed by atoms with van der Waals surface area (Å²) in [6.07, 6.45) is 0.965. The molecule has 8 nitrogen and oxygen atoms in total. The highest BCUT2D eigenvalue weighted by molar-refractivity contribution is 5.90. The van der Waals surface area contributed by atoms with Gasteiger partial charge in [0, 0.05) is 20.3 Å². The number of hydrogen-bond donors (Lipinski definition) is 1. The van der Waals surface area contributed by atoms with Crippen molar-refractivity contribution in [1.29, 1.82) is 0 Å². The van der Waals surface area contributed by atoms with Crippen molar-refractivity contribution >= 4 is 17.9 Å². The Morgan fingerprint density at radius 3 is 2.32 bits per heavy atom. The van der Waals surface area contributed by atoms with Gasteiger partial charge in [0.05, 0.1) is 17.4 Å². The highest BCUT2D eigenvalue weighted by Gasteiger charge is 2.13. The SMILES string of the molecule is CC(C)OC(=O)c1ccc(N=Cc2c(O)n(C)c(=O)n(C)c2=O)cc1. The van der Waals surface area contributed by atoms with Gasteiger partial charge < -0.3 is 9.84 Å².